The molecular weight excluding hydrogens is 226 g/mol. The summed E-state index contributed by atoms with van der Waals surface area (Å²) < 4.78 is 1.13. The zero-order valence-corrected chi connectivity index (χ0v) is 8.71. The van der Waals surface area contributed by atoms with Crippen molar-refractivity contribution in [3.63, 3.8) is 0 Å². The molecule has 0 heterocycles. The van der Waals surface area contributed by atoms with Crippen molar-refractivity contribution in [3.05, 3.63) is 46.4 Å². The Kier molecular flexibility index (Phi) is 2.34. The summed E-state index contributed by atoms with van der Waals surface area (Å²) in [5, 5.41) is 2.46. The lowest BCUT2D eigenvalue weighted by Gasteiger charge is -2.05. The summed E-state index contributed by atoms with van der Waals surface area (Å²) in [7, 11) is 0. The Hall–Kier alpha value is -0.860. The van der Waals surface area contributed by atoms with Gasteiger partial charge in [0.15, 0.2) is 0 Å². The maximum absolute atomic E-state index is 5.65. The van der Waals surface area contributed by atoms with Crippen LogP contribution in [0.4, 0.5) is 0 Å². The van der Waals surface area contributed by atoms with Crippen LogP contribution in [0.5, 0.6) is 0 Å². The molecular formula is C11H10BrN. The van der Waals surface area contributed by atoms with Gasteiger partial charge in [-0.15, -0.1) is 0 Å². The van der Waals surface area contributed by atoms with E-state index in [0.29, 0.717) is 6.54 Å². The second-order valence-electron chi connectivity index (χ2n) is 2.96. The van der Waals surface area contributed by atoms with Gasteiger partial charge in [-0.3, -0.25) is 0 Å². The van der Waals surface area contributed by atoms with Gasteiger partial charge in [-0.1, -0.05) is 46.3 Å². The fourth-order valence-corrected chi connectivity index (χ4v) is 1.98. The molecule has 2 rings (SSSR count). The number of nitrogens with two attached hydrogens (primary N) is 1. The van der Waals surface area contributed by atoms with Crippen molar-refractivity contribution in [1.29, 1.82) is 0 Å². The number of fused-ring (bicyclic) bond motifs is 1. The summed E-state index contributed by atoms with van der Waals surface area (Å²) in [6, 6.07) is 12.4. The molecule has 13 heavy (non-hydrogen) atoms. The van der Waals surface area contributed by atoms with E-state index in [1.54, 1.807) is 0 Å². The van der Waals surface area contributed by atoms with Crippen LogP contribution in [0.25, 0.3) is 10.8 Å². The van der Waals surface area contributed by atoms with Crippen LogP contribution in [0.3, 0.4) is 0 Å². The summed E-state index contributed by atoms with van der Waals surface area (Å²) in [6.45, 7) is 0.591. The van der Waals surface area contributed by atoms with Crippen LogP contribution in [0.2, 0.25) is 0 Å². The highest BCUT2D eigenvalue weighted by Gasteiger charge is 2.01. The molecule has 0 aliphatic heterocycles. The Bertz CT molecular complexity index is 437. The first-order chi connectivity index (χ1) is 6.33. The predicted molar refractivity (Wildman–Crippen MR) is 59.5 cm³/mol. The lowest BCUT2D eigenvalue weighted by atomic mass is 10.1. The molecule has 0 aromatic heterocycles. The molecule has 0 aliphatic rings. The Balaban J connectivity index is 2.84. The van der Waals surface area contributed by atoms with E-state index in [0.717, 1.165) is 4.47 Å². The van der Waals surface area contributed by atoms with Crippen LogP contribution in [-0.2, 0) is 6.54 Å². The zero-order chi connectivity index (χ0) is 9.26. The molecule has 2 heteroatoms. The van der Waals surface area contributed by atoms with Gasteiger partial charge in [0.25, 0.3) is 0 Å². The van der Waals surface area contributed by atoms with Crippen molar-refractivity contribution in [2.45, 2.75) is 6.54 Å². The lowest BCUT2D eigenvalue weighted by molar-refractivity contribution is 1.09. The fourth-order valence-electron chi connectivity index (χ4n) is 1.50. The first kappa shape index (κ1) is 8.73. The molecule has 0 radical (unpaired) electrons. The third-order valence-electron chi connectivity index (χ3n) is 2.18. The highest BCUT2D eigenvalue weighted by Crippen LogP contribution is 2.26. The first-order valence-electron chi connectivity index (χ1n) is 4.19. The standard InChI is InChI=1S/C11H10BrN/c12-11-6-5-8(7-13)9-3-1-2-4-10(9)11/h1-6H,7,13H2. The summed E-state index contributed by atoms with van der Waals surface area (Å²) in [4.78, 5) is 0. The van der Waals surface area contributed by atoms with Crippen LogP contribution in [0.1, 0.15) is 5.56 Å². The molecule has 2 aromatic carbocycles. The molecule has 0 aliphatic carbocycles. The molecule has 0 unspecified atom stereocenters. The predicted octanol–water partition coefficient (Wildman–Crippen LogP) is 3.06. The van der Waals surface area contributed by atoms with Crippen LogP contribution in [0.15, 0.2) is 40.9 Å². The molecule has 0 saturated carbocycles. The topological polar surface area (TPSA) is 26.0 Å². The molecule has 66 valence electrons. The van der Waals surface area contributed by atoms with Gasteiger partial charge in [-0.25, -0.2) is 0 Å². The normalized spacial score (nSPS) is 10.6. The smallest absolute Gasteiger partial charge is 0.0253 e. The second-order valence-corrected chi connectivity index (χ2v) is 3.81. The number of benzene rings is 2. The van der Waals surface area contributed by atoms with Gasteiger partial charge in [-0.2, -0.15) is 0 Å². The van der Waals surface area contributed by atoms with Gasteiger partial charge in [0, 0.05) is 11.0 Å². The van der Waals surface area contributed by atoms with E-state index in [9.17, 15) is 0 Å². The quantitative estimate of drug-likeness (QED) is 0.808. The van der Waals surface area contributed by atoms with Crippen LogP contribution in [0, 0.1) is 0 Å². The van der Waals surface area contributed by atoms with Gasteiger partial charge in [0.1, 0.15) is 0 Å². The van der Waals surface area contributed by atoms with Gasteiger partial charge in [0.05, 0.1) is 0 Å². The molecule has 0 spiro atoms. The Morgan fingerprint density at radius 3 is 2.38 bits per heavy atom. The summed E-state index contributed by atoms with van der Waals surface area (Å²) >= 11 is 3.52. The van der Waals surface area contributed by atoms with E-state index >= 15 is 0 Å². The molecule has 0 saturated heterocycles. The number of halogens is 1. The van der Waals surface area contributed by atoms with Crippen LogP contribution < -0.4 is 5.73 Å². The number of hydrogen-bond acceptors (Lipinski definition) is 1. The van der Waals surface area contributed by atoms with Crippen molar-refractivity contribution < 1.29 is 0 Å². The largest absolute Gasteiger partial charge is 0.326 e. The monoisotopic (exact) mass is 235 g/mol. The fraction of sp³-hybridized carbons (Fsp3) is 0.0909. The first-order valence-corrected chi connectivity index (χ1v) is 4.98. The van der Waals surface area contributed by atoms with Crippen molar-refractivity contribution >= 4 is 26.7 Å². The molecule has 0 amide bonds. The van der Waals surface area contributed by atoms with E-state index in [-0.39, 0.29) is 0 Å². The number of hydrogen-bond donors (Lipinski definition) is 1. The lowest BCUT2D eigenvalue weighted by Crippen LogP contribution is -1.96. The highest BCUT2D eigenvalue weighted by molar-refractivity contribution is 9.10. The molecule has 0 atom stereocenters. The van der Waals surface area contributed by atoms with Gasteiger partial charge in [0.2, 0.25) is 0 Å². The minimum absolute atomic E-state index is 0.591. The molecule has 1 nitrogen and oxygen atoms in total. The average Bonchev–Trinajstić information content (AvgIpc) is 2.19. The minimum atomic E-state index is 0.591. The van der Waals surface area contributed by atoms with E-state index in [1.807, 2.05) is 18.2 Å². The summed E-state index contributed by atoms with van der Waals surface area (Å²) in [5.41, 5.74) is 6.84. The number of rotatable bonds is 1. The zero-order valence-electron chi connectivity index (χ0n) is 7.13. The van der Waals surface area contributed by atoms with Gasteiger partial charge < -0.3 is 5.73 Å². The van der Waals surface area contributed by atoms with Crippen molar-refractivity contribution in [2.24, 2.45) is 5.73 Å². The maximum atomic E-state index is 5.65. The third-order valence-corrected chi connectivity index (χ3v) is 2.87. The Morgan fingerprint density at radius 1 is 1.00 bits per heavy atom. The SMILES string of the molecule is NCc1ccc(Br)c2ccccc12. The van der Waals surface area contributed by atoms with Crippen LogP contribution >= 0.6 is 15.9 Å². The third kappa shape index (κ3) is 1.47. The van der Waals surface area contributed by atoms with Crippen LogP contribution in [-0.4, -0.2) is 0 Å². The molecule has 0 bridgehead atoms. The van der Waals surface area contributed by atoms with Gasteiger partial charge in [-0.05, 0) is 22.4 Å². The maximum Gasteiger partial charge on any atom is 0.0253 e. The van der Waals surface area contributed by atoms with E-state index in [4.69, 9.17) is 5.73 Å². The van der Waals surface area contributed by atoms with Crippen molar-refractivity contribution in [1.82, 2.24) is 0 Å². The van der Waals surface area contributed by atoms with E-state index in [1.165, 1.54) is 16.3 Å². The highest BCUT2D eigenvalue weighted by atomic mass is 79.9. The Morgan fingerprint density at radius 2 is 1.69 bits per heavy atom. The van der Waals surface area contributed by atoms with Gasteiger partial charge >= 0.3 is 0 Å². The van der Waals surface area contributed by atoms with E-state index < -0.39 is 0 Å². The summed E-state index contributed by atoms with van der Waals surface area (Å²) in [6.07, 6.45) is 0. The summed E-state index contributed by atoms with van der Waals surface area (Å²) in [5.74, 6) is 0. The van der Waals surface area contributed by atoms with E-state index in [2.05, 4.69) is 34.1 Å². The second kappa shape index (κ2) is 3.48. The Labute approximate surface area is 85.7 Å². The molecule has 2 aromatic rings. The average molecular weight is 236 g/mol. The molecule has 0 fully saturated rings. The van der Waals surface area contributed by atoms with Crippen molar-refractivity contribution in [2.75, 3.05) is 0 Å². The molecule has 2 N–H and O–H groups in total. The minimum Gasteiger partial charge on any atom is -0.326 e. The van der Waals surface area contributed by atoms with Crippen molar-refractivity contribution in [3.8, 4) is 0 Å².